The third kappa shape index (κ3) is 4.32. The molecule has 0 spiro atoms. The fourth-order valence-corrected chi connectivity index (χ4v) is 3.30. The Morgan fingerprint density at radius 3 is 2.25 bits per heavy atom. The molecular formula is C18H30N2. The molecule has 1 unspecified atom stereocenters. The van der Waals surface area contributed by atoms with Crippen LogP contribution in [0.5, 0.6) is 0 Å². The van der Waals surface area contributed by atoms with Gasteiger partial charge in [-0.3, -0.25) is 0 Å². The molecule has 0 aromatic heterocycles. The van der Waals surface area contributed by atoms with Gasteiger partial charge in [0.1, 0.15) is 0 Å². The smallest absolute Gasteiger partial charge is 0.0446 e. The van der Waals surface area contributed by atoms with Crippen LogP contribution < -0.4 is 5.32 Å². The predicted molar refractivity (Wildman–Crippen MR) is 87.1 cm³/mol. The lowest BCUT2D eigenvalue weighted by molar-refractivity contribution is 0.201. The van der Waals surface area contributed by atoms with Crippen LogP contribution in [-0.4, -0.2) is 31.6 Å². The molecule has 0 aliphatic heterocycles. The first-order valence-electron chi connectivity index (χ1n) is 8.15. The predicted octanol–water partition coefficient (Wildman–Crippen LogP) is 3.91. The molecule has 0 radical (unpaired) electrons. The van der Waals surface area contributed by atoms with E-state index in [-0.39, 0.29) is 0 Å². The van der Waals surface area contributed by atoms with Gasteiger partial charge in [-0.15, -0.1) is 0 Å². The van der Waals surface area contributed by atoms with Gasteiger partial charge in [0.2, 0.25) is 0 Å². The van der Waals surface area contributed by atoms with Gasteiger partial charge in [0.25, 0.3) is 0 Å². The molecule has 1 aromatic rings. The molecule has 1 aliphatic rings. The number of rotatable bonds is 5. The third-order valence-electron chi connectivity index (χ3n) is 4.75. The first-order valence-corrected chi connectivity index (χ1v) is 8.15. The van der Waals surface area contributed by atoms with Gasteiger partial charge in [-0.25, -0.2) is 0 Å². The highest BCUT2D eigenvalue weighted by atomic mass is 15.1. The molecule has 1 N–H and O–H groups in total. The zero-order valence-corrected chi connectivity index (χ0v) is 13.4. The number of hydrogen-bond acceptors (Lipinski definition) is 2. The second kappa shape index (κ2) is 7.80. The van der Waals surface area contributed by atoms with Gasteiger partial charge in [0.05, 0.1) is 0 Å². The van der Waals surface area contributed by atoms with Crippen molar-refractivity contribution in [2.75, 3.05) is 20.6 Å². The summed E-state index contributed by atoms with van der Waals surface area (Å²) < 4.78 is 0. The van der Waals surface area contributed by atoms with Crippen molar-refractivity contribution >= 4 is 0 Å². The van der Waals surface area contributed by atoms with E-state index in [0.29, 0.717) is 6.04 Å². The van der Waals surface area contributed by atoms with E-state index in [1.54, 1.807) is 0 Å². The van der Waals surface area contributed by atoms with Crippen molar-refractivity contribution in [3.05, 3.63) is 35.4 Å². The van der Waals surface area contributed by atoms with Crippen LogP contribution >= 0.6 is 0 Å². The lowest BCUT2D eigenvalue weighted by atomic mass is 10.0. The number of nitrogens with one attached hydrogen (secondary N) is 1. The van der Waals surface area contributed by atoms with Crippen LogP contribution in [0.25, 0.3) is 0 Å². The molecule has 1 saturated carbocycles. The molecular weight excluding hydrogens is 244 g/mol. The normalized spacial score (nSPS) is 19.0. The van der Waals surface area contributed by atoms with E-state index >= 15 is 0 Å². The Bertz CT molecular complexity index is 377. The number of hydrogen-bond donors (Lipinski definition) is 1. The van der Waals surface area contributed by atoms with Gasteiger partial charge in [-0.05, 0) is 39.4 Å². The minimum atomic E-state index is 0.434. The van der Waals surface area contributed by atoms with Gasteiger partial charge in [0, 0.05) is 18.6 Å². The zero-order valence-electron chi connectivity index (χ0n) is 13.4. The Labute approximate surface area is 124 Å². The summed E-state index contributed by atoms with van der Waals surface area (Å²) in [6, 6.07) is 10.2. The molecule has 20 heavy (non-hydrogen) atoms. The quantitative estimate of drug-likeness (QED) is 0.819. The van der Waals surface area contributed by atoms with Crippen molar-refractivity contribution in [1.29, 1.82) is 0 Å². The van der Waals surface area contributed by atoms with E-state index in [0.717, 1.165) is 12.6 Å². The monoisotopic (exact) mass is 274 g/mol. The van der Waals surface area contributed by atoms with Crippen LogP contribution in [0.2, 0.25) is 0 Å². The second-order valence-electron chi connectivity index (χ2n) is 6.34. The van der Waals surface area contributed by atoms with Gasteiger partial charge in [0.15, 0.2) is 0 Å². The van der Waals surface area contributed by atoms with E-state index in [2.05, 4.69) is 55.5 Å². The highest BCUT2D eigenvalue weighted by Gasteiger charge is 2.20. The number of benzene rings is 1. The van der Waals surface area contributed by atoms with Crippen molar-refractivity contribution < 1.29 is 0 Å². The topological polar surface area (TPSA) is 15.3 Å². The van der Waals surface area contributed by atoms with E-state index in [1.165, 1.54) is 49.7 Å². The van der Waals surface area contributed by atoms with E-state index in [1.807, 2.05) is 0 Å². The summed E-state index contributed by atoms with van der Waals surface area (Å²) in [5.74, 6) is 0. The van der Waals surface area contributed by atoms with Crippen molar-refractivity contribution in [3.8, 4) is 0 Å². The van der Waals surface area contributed by atoms with Crippen molar-refractivity contribution in [3.63, 3.8) is 0 Å². The first-order chi connectivity index (χ1) is 9.70. The molecule has 2 nitrogen and oxygen atoms in total. The lowest BCUT2D eigenvalue weighted by Crippen LogP contribution is -2.38. The molecule has 112 valence electrons. The maximum atomic E-state index is 3.48. The molecule has 1 fully saturated rings. The van der Waals surface area contributed by atoms with Crippen LogP contribution in [-0.2, 0) is 0 Å². The highest BCUT2D eigenvalue weighted by Crippen LogP contribution is 2.23. The van der Waals surface area contributed by atoms with Crippen molar-refractivity contribution in [2.45, 2.75) is 57.5 Å². The Morgan fingerprint density at radius 1 is 1.10 bits per heavy atom. The first kappa shape index (κ1) is 15.5. The molecule has 0 saturated heterocycles. The summed E-state index contributed by atoms with van der Waals surface area (Å²) in [5, 5.41) is 3.48. The Hall–Kier alpha value is -0.860. The molecule has 1 aromatic carbocycles. The van der Waals surface area contributed by atoms with Crippen LogP contribution in [0.4, 0.5) is 0 Å². The number of aryl methyl sites for hydroxylation is 1. The molecule has 0 amide bonds. The minimum absolute atomic E-state index is 0.434. The molecule has 0 bridgehead atoms. The lowest BCUT2D eigenvalue weighted by Gasteiger charge is -2.31. The third-order valence-corrected chi connectivity index (χ3v) is 4.75. The number of nitrogens with zero attached hydrogens (tertiary/aromatic N) is 1. The summed E-state index contributed by atoms with van der Waals surface area (Å²) >= 11 is 0. The fraction of sp³-hybridized carbons (Fsp3) is 0.667. The molecule has 2 heteroatoms. The van der Waals surface area contributed by atoms with Crippen molar-refractivity contribution in [1.82, 2.24) is 10.2 Å². The SMILES string of the molecule is CNC(CN(C)C1CCCCCC1)c1ccc(C)cc1. The Kier molecular flexibility index (Phi) is 6.06. The summed E-state index contributed by atoms with van der Waals surface area (Å²) in [7, 11) is 4.37. The Morgan fingerprint density at radius 2 is 1.70 bits per heavy atom. The summed E-state index contributed by atoms with van der Waals surface area (Å²) in [4.78, 5) is 2.58. The highest BCUT2D eigenvalue weighted by molar-refractivity contribution is 5.24. The van der Waals surface area contributed by atoms with Crippen LogP contribution in [0.1, 0.15) is 55.7 Å². The van der Waals surface area contributed by atoms with Crippen molar-refractivity contribution in [2.24, 2.45) is 0 Å². The fourth-order valence-electron chi connectivity index (χ4n) is 3.30. The standard InChI is InChI=1S/C18H30N2/c1-15-10-12-16(13-11-15)18(19-2)14-20(3)17-8-6-4-5-7-9-17/h10-13,17-19H,4-9,14H2,1-3H3. The molecule has 1 atom stereocenters. The maximum Gasteiger partial charge on any atom is 0.0446 e. The maximum absolute atomic E-state index is 3.48. The summed E-state index contributed by atoms with van der Waals surface area (Å²) in [5.41, 5.74) is 2.74. The van der Waals surface area contributed by atoms with Crippen LogP contribution in [0.3, 0.4) is 0 Å². The average Bonchev–Trinajstić information content (AvgIpc) is 2.75. The van der Waals surface area contributed by atoms with Crippen LogP contribution in [0, 0.1) is 6.92 Å². The average molecular weight is 274 g/mol. The van der Waals surface area contributed by atoms with Gasteiger partial charge in [-0.2, -0.15) is 0 Å². The molecule has 1 aliphatic carbocycles. The largest absolute Gasteiger partial charge is 0.312 e. The van der Waals surface area contributed by atoms with Gasteiger partial charge in [-0.1, -0.05) is 55.5 Å². The van der Waals surface area contributed by atoms with Gasteiger partial charge < -0.3 is 10.2 Å². The minimum Gasteiger partial charge on any atom is -0.312 e. The van der Waals surface area contributed by atoms with E-state index in [9.17, 15) is 0 Å². The van der Waals surface area contributed by atoms with Gasteiger partial charge >= 0.3 is 0 Å². The zero-order chi connectivity index (χ0) is 14.4. The summed E-state index contributed by atoms with van der Waals surface area (Å²) in [6.07, 6.45) is 8.42. The summed E-state index contributed by atoms with van der Waals surface area (Å²) in [6.45, 7) is 3.25. The van der Waals surface area contributed by atoms with E-state index < -0.39 is 0 Å². The Balaban J connectivity index is 1.96. The molecule has 0 heterocycles. The van der Waals surface area contributed by atoms with Crippen LogP contribution in [0.15, 0.2) is 24.3 Å². The second-order valence-corrected chi connectivity index (χ2v) is 6.34. The number of likely N-dealkylation sites (N-methyl/N-ethyl adjacent to an activating group) is 2. The van der Waals surface area contributed by atoms with E-state index in [4.69, 9.17) is 0 Å². The molecule has 2 rings (SSSR count).